The van der Waals surface area contributed by atoms with Crippen molar-refractivity contribution >= 4 is 28.2 Å². The maximum atomic E-state index is 5.05. The minimum absolute atomic E-state index is 0.391. The molecule has 3 aromatic heterocycles. The summed E-state index contributed by atoms with van der Waals surface area (Å²) in [4.78, 5) is 25.4. The second-order valence-electron chi connectivity index (χ2n) is 10.3. The maximum absolute atomic E-state index is 5.05. The second-order valence-corrected chi connectivity index (χ2v) is 10.3. The summed E-state index contributed by atoms with van der Waals surface area (Å²) >= 11 is 0. The first-order valence-corrected chi connectivity index (χ1v) is 13.5. The lowest BCUT2D eigenvalue weighted by Crippen LogP contribution is -2.45. The SMILES string of the molecule is CN(c1ccncc1)c1ccc(CN(c2cnc3ccccc3n2)C2CCN(Cc3cncn3C)CC2)cc1. The van der Waals surface area contributed by atoms with Crippen LogP contribution in [0.25, 0.3) is 11.0 Å². The van der Waals surface area contributed by atoms with Gasteiger partial charge in [0.25, 0.3) is 0 Å². The van der Waals surface area contributed by atoms with Crippen LogP contribution in [0.2, 0.25) is 0 Å². The highest BCUT2D eigenvalue weighted by atomic mass is 15.2. The number of benzene rings is 2. The number of nitrogens with zero attached hydrogens (tertiary/aromatic N) is 8. The molecule has 8 nitrogen and oxygen atoms in total. The molecule has 0 unspecified atom stereocenters. The van der Waals surface area contributed by atoms with E-state index in [1.54, 1.807) is 0 Å². The van der Waals surface area contributed by atoms with Crippen molar-refractivity contribution in [1.29, 1.82) is 0 Å². The van der Waals surface area contributed by atoms with Gasteiger partial charge in [-0.15, -0.1) is 0 Å². The molecule has 0 atom stereocenters. The van der Waals surface area contributed by atoms with Crippen LogP contribution in [-0.2, 0) is 20.1 Å². The number of likely N-dealkylation sites (tertiary alicyclic amines) is 1. The minimum atomic E-state index is 0.391. The van der Waals surface area contributed by atoms with Gasteiger partial charge >= 0.3 is 0 Å². The maximum Gasteiger partial charge on any atom is 0.148 e. The number of anilines is 3. The fraction of sp³-hybridized carbons (Fsp3) is 0.290. The zero-order valence-corrected chi connectivity index (χ0v) is 22.6. The number of rotatable bonds is 8. The number of pyridine rings is 1. The third-order valence-electron chi connectivity index (χ3n) is 7.76. The molecule has 0 amide bonds. The molecule has 8 heteroatoms. The first-order chi connectivity index (χ1) is 19.1. The molecule has 6 rings (SSSR count). The van der Waals surface area contributed by atoms with Gasteiger partial charge < -0.3 is 14.4 Å². The summed E-state index contributed by atoms with van der Waals surface area (Å²) in [5.41, 5.74) is 6.63. The first kappa shape index (κ1) is 25.0. The Kier molecular flexibility index (Phi) is 7.19. The van der Waals surface area contributed by atoms with E-state index in [0.717, 1.165) is 67.2 Å². The van der Waals surface area contributed by atoms with Gasteiger partial charge in [0.1, 0.15) is 5.82 Å². The molecular formula is C31H34N8. The highest BCUT2D eigenvalue weighted by Gasteiger charge is 2.27. The predicted molar refractivity (Wildman–Crippen MR) is 156 cm³/mol. The van der Waals surface area contributed by atoms with Crippen molar-refractivity contribution in [2.45, 2.75) is 32.0 Å². The standard InChI is InChI=1S/C31H34N8/c1-36-23-33-19-28(36)22-38-17-13-27(14-18-38)39(31-20-34-29-5-3-4-6-30(29)35-31)21-24-7-9-25(10-8-24)37(2)26-11-15-32-16-12-26/h3-12,15-16,19-20,23,27H,13-14,17-18,21-22H2,1-2H3. The van der Waals surface area contributed by atoms with E-state index in [4.69, 9.17) is 9.97 Å². The minimum Gasteiger partial charge on any atom is -0.348 e. The number of aryl methyl sites for hydroxylation is 1. The number of hydrogen-bond donors (Lipinski definition) is 0. The van der Waals surface area contributed by atoms with Crippen LogP contribution in [0.4, 0.5) is 17.2 Å². The average molecular weight is 519 g/mol. The summed E-state index contributed by atoms with van der Waals surface area (Å²) in [7, 11) is 4.15. The van der Waals surface area contributed by atoms with Crippen LogP contribution in [0.1, 0.15) is 24.1 Å². The molecule has 0 N–H and O–H groups in total. The molecule has 2 aromatic carbocycles. The van der Waals surface area contributed by atoms with Crippen LogP contribution in [0.5, 0.6) is 0 Å². The smallest absolute Gasteiger partial charge is 0.148 e. The van der Waals surface area contributed by atoms with Crippen molar-refractivity contribution in [3.63, 3.8) is 0 Å². The highest BCUT2D eigenvalue weighted by molar-refractivity contribution is 5.75. The monoisotopic (exact) mass is 518 g/mol. The number of fused-ring (bicyclic) bond motifs is 1. The van der Waals surface area contributed by atoms with Gasteiger partial charge in [-0.05, 0) is 54.8 Å². The van der Waals surface area contributed by atoms with Gasteiger partial charge in [-0.3, -0.25) is 14.9 Å². The zero-order chi connectivity index (χ0) is 26.6. The van der Waals surface area contributed by atoms with Crippen molar-refractivity contribution in [3.05, 3.63) is 103 Å². The number of aromatic nitrogens is 5. The molecular weight excluding hydrogens is 484 g/mol. The largest absolute Gasteiger partial charge is 0.348 e. The average Bonchev–Trinajstić information content (AvgIpc) is 3.40. The lowest BCUT2D eigenvalue weighted by Gasteiger charge is -2.39. The highest BCUT2D eigenvalue weighted by Crippen LogP contribution is 2.28. The van der Waals surface area contributed by atoms with Gasteiger partial charge in [-0.1, -0.05) is 24.3 Å². The lowest BCUT2D eigenvalue weighted by atomic mass is 10.0. The third-order valence-corrected chi connectivity index (χ3v) is 7.76. The Morgan fingerprint density at radius 2 is 1.56 bits per heavy atom. The Morgan fingerprint density at radius 1 is 0.846 bits per heavy atom. The van der Waals surface area contributed by atoms with E-state index in [1.165, 1.54) is 11.3 Å². The zero-order valence-electron chi connectivity index (χ0n) is 22.6. The molecule has 1 saturated heterocycles. The molecule has 0 spiro atoms. The van der Waals surface area contributed by atoms with E-state index < -0.39 is 0 Å². The molecule has 1 aliphatic heterocycles. The quantitative estimate of drug-likeness (QED) is 0.280. The summed E-state index contributed by atoms with van der Waals surface area (Å²) in [6, 6.07) is 21.4. The van der Waals surface area contributed by atoms with Gasteiger partial charge in [0, 0.05) is 76.3 Å². The fourth-order valence-electron chi connectivity index (χ4n) is 5.38. The summed E-state index contributed by atoms with van der Waals surface area (Å²) in [5, 5.41) is 0. The molecule has 0 aliphatic carbocycles. The van der Waals surface area contributed by atoms with E-state index in [0.29, 0.717) is 6.04 Å². The van der Waals surface area contributed by atoms with Gasteiger partial charge in [-0.2, -0.15) is 0 Å². The molecule has 0 saturated carbocycles. The van der Waals surface area contributed by atoms with Crippen LogP contribution in [0, 0.1) is 0 Å². The number of piperidine rings is 1. The summed E-state index contributed by atoms with van der Waals surface area (Å²) in [6.07, 6.45) is 11.6. The van der Waals surface area contributed by atoms with Crippen molar-refractivity contribution in [1.82, 2.24) is 29.4 Å². The lowest BCUT2D eigenvalue weighted by molar-refractivity contribution is 0.197. The Bertz CT molecular complexity index is 1510. The van der Waals surface area contributed by atoms with Gasteiger partial charge in [-0.25, -0.2) is 9.97 Å². The molecule has 39 heavy (non-hydrogen) atoms. The van der Waals surface area contributed by atoms with Crippen molar-refractivity contribution in [3.8, 4) is 0 Å². The summed E-state index contributed by atoms with van der Waals surface area (Å²) < 4.78 is 2.11. The van der Waals surface area contributed by atoms with E-state index >= 15 is 0 Å². The van der Waals surface area contributed by atoms with E-state index in [-0.39, 0.29) is 0 Å². The van der Waals surface area contributed by atoms with Crippen LogP contribution in [0.3, 0.4) is 0 Å². The van der Waals surface area contributed by atoms with E-state index in [1.807, 2.05) is 67.5 Å². The molecule has 4 heterocycles. The molecule has 1 fully saturated rings. The van der Waals surface area contributed by atoms with Gasteiger partial charge in [0.05, 0.1) is 29.3 Å². The van der Waals surface area contributed by atoms with E-state index in [9.17, 15) is 0 Å². The Hall–Kier alpha value is -4.30. The normalized spacial score (nSPS) is 14.5. The van der Waals surface area contributed by atoms with Crippen molar-refractivity contribution < 1.29 is 0 Å². The molecule has 0 radical (unpaired) electrons. The van der Waals surface area contributed by atoms with Gasteiger partial charge in [0.15, 0.2) is 0 Å². The molecule has 198 valence electrons. The first-order valence-electron chi connectivity index (χ1n) is 13.5. The number of para-hydroxylation sites is 2. The molecule has 5 aromatic rings. The predicted octanol–water partition coefficient (Wildman–Crippen LogP) is 5.20. The summed E-state index contributed by atoms with van der Waals surface area (Å²) in [5.74, 6) is 0.941. The van der Waals surface area contributed by atoms with Crippen molar-refractivity contribution in [2.75, 3.05) is 29.9 Å². The van der Waals surface area contributed by atoms with Gasteiger partial charge in [0.2, 0.25) is 0 Å². The Labute approximate surface area is 229 Å². The topological polar surface area (TPSA) is 66.2 Å². The Balaban J connectivity index is 1.22. The van der Waals surface area contributed by atoms with Crippen LogP contribution in [-0.4, -0.2) is 55.6 Å². The molecule has 1 aliphatic rings. The fourth-order valence-corrected chi connectivity index (χ4v) is 5.38. The van der Waals surface area contributed by atoms with E-state index in [2.05, 4.69) is 67.6 Å². The van der Waals surface area contributed by atoms with Crippen molar-refractivity contribution in [2.24, 2.45) is 7.05 Å². The number of imidazole rings is 1. The summed E-state index contributed by atoms with van der Waals surface area (Å²) in [6.45, 7) is 3.82. The third kappa shape index (κ3) is 5.61. The Morgan fingerprint density at radius 3 is 2.28 bits per heavy atom. The number of hydrogen-bond acceptors (Lipinski definition) is 7. The molecule has 0 bridgehead atoms. The van der Waals surface area contributed by atoms with Crippen LogP contribution in [0.15, 0.2) is 91.8 Å². The second kappa shape index (κ2) is 11.2. The van der Waals surface area contributed by atoms with Crippen LogP contribution < -0.4 is 9.80 Å². The van der Waals surface area contributed by atoms with Crippen LogP contribution >= 0.6 is 0 Å².